The number of aliphatic imine (C=N–C) groups is 1. The molecule has 1 aromatic rings. The van der Waals surface area contributed by atoms with Crippen LogP contribution in [0.25, 0.3) is 0 Å². The van der Waals surface area contributed by atoms with Crippen molar-refractivity contribution in [1.82, 2.24) is 9.80 Å². The molecule has 2 aliphatic heterocycles. The fraction of sp³-hybridized carbons (Fsp3) is 0.500. The number of hydrogen-bond acceptors (Lipinski definition) is 4. The average molecular weight is 303 g/mol. The number of aryl methyl sites for hydroxylation is 1. The highest BCUT2D eigenvalue weighted by atomic mass is 32.2. The van der Waals surface area contributed by atoms with Crippen LogP contribution in [0.15, 0.2) is 29.3 Å². The van der Waals surface area contributed by atoms with Crippen molar-refractivity contribution in [3.05, 3.63) is 35.4 Å². The number of piperazine rings is 1. The van der Waals surface area contributed by atoms with Crippen LogP contribution >= 0.6 is 11.8 Å². The third kappa shape index (κ3) is 3.23. The van der Waals surface area contributed by atoms with Gasteiger partial charge in [0.2, 0.25) is 0 Å². The summed E-state index contributed by atoms with van der Waals surface area (Å²) in [7, 11) is 0. The average Bonchev–Trinajstić information content (AvgIpc) is 2.94. The normalized spacial score (nSPS) is 22.4. The lowest BCUT2D eigenvalue weighted by Gasteiger charge is -2.35. The molecule has 21 heavy (non-hydrogen) atoms. The first-order valence-corrected chi connectivity index (χ1v) is 8.33. The van der Waals surface area contributed by atoms with Crippen molar-refractivity contribution in [3.63, 3.8) is 0 Å². The van der Waals surface area contributed by atoms with Crippen LogP contribution in [0.2, 0.25) is 0 Å². The standard InChI is InChI=1S/C16H21N3OS/c1-12-3-5-14(6-4-12)15(20)18-7-9-19(10-8-18)16-17-11-13(2)21-16/h3-6,13H,7-11H2,1-2H3/t13-/m1/s1. The molecule has 2 heterocycles. The van der Waals surface area contributed by atoms with E-state index in [0.717, 1.165) is 43.5 Å². The van der Waals surface area contributed by atoms with Crippen LogP contribution in [-0.2, 0) is 0 Å². The lowest BCUT2D eigenvalue weighted by molar-refractivity contribution is 0.0693. The Kier molecular flexibility index (Phi) is 4.19. The topological polar surface area (TPSA) is 35.9 Å². The summed E-state index contributed by atoms with van der Waals surface area (Å²) in [6.07, 6.45) is 0. The van der Waals surface area contributed by atoms with Gasteiger partial charge in [0, 0.05) is 37.0 Å². The van der Waals surface area contributed by atoms with E-state index in [2.05, 4.69) is 16.8 Å². The van der Waals surface area contributed by atoms with Crippen LogP contribution < -0.4 is 0 Å². The zero-order valence-corrected chi connectivity index (χ0v) is 13.4. The first kappa shape index (κ1) is 14.4. The van der Waals surface area contributed by atoms with E-state index in [1.807, 2.05) is 47.9 Å². The summed E-state index contributed by atoms with van der Waals surface area (Å²) in [5.74, 6) is 0.143. The summed E-state index contributed by atoms with van der Waals surface area (Å²) in [5.41, 5.74) is 1.97. The summed E-state index contributed by atoms with van der Waals surface area (Å²) >= 11 is 1.85. The number of thioether (sulfide) groups is 1. The molecule has 1 fully saturated rings. The second-order valence-corrected chi connectivity index (χ2v) is 7.10. The third-order valence-electron chi connectivity index (χ3n) is 3.93. The van der Waals surface area contributed by atoms with E-state index in [4.69, 9.17) is 0 Å². The van der Waals surface area contributed by atoms with E-state index in [-0.39, 0.29) is 5.91 Å². The van der Waals surface area contributed by atoms with Crippen LogP contribution in [0.3, 0.4) is 0 Å². The molecule has 0 N–H and O–H groups in total. The van der Waals surface area contributed by atoms with Crippen LogP contribution in [0.1, 0.15) is 22.8 Å². The Bertz CT molecular complexity index is 547. The van der Waals surface area contributed by atoms with Gasteiger partial charge in [-0.25, -0.2) is 0 Å². The zero-order chi connectivity index (χ0) is 14.8. The molecule has 1 saturated heterocycles. The zero-order valence-electron chi connectivity index (χ0n) is 12.6. The van der Waals surface area contributed by atoms with E-state index in [0.29, 0.717) is 5.25 Å². The Morgan fingerprint density at radius 2 is 1.86 bits per heavy atom. The van der Waals surface area contributed by atoms with Crippen molar-refractivity contribution in [3.8, 4) is 0 Å². The maximum atomic E-state index is 12.5. The number of nitrogens with zero attached hydrogens (tertiary/aromatic N) is 3. The lowest BCUT2D eigenvalue weighted by Crippen LogP contribution is -2.49. The first-order chi connectivity index (χ1) is 10.1. The first-order valence-electron chi connectivity index (χ1n) is 7.45. The predicted octanol–water partition coefficient (Wildman–Crippen LogP) is 2.24. The number of amides is 1. The molecular weight excluding hydrogens is 282 g/mol. The summed E-state index contributed by atoms with van der Waals surface area (Å²) in [6, 6.07) is 7.83. The molecule has 1 aromatic carbocycles. The van der Waals surface area contributed by atoms with Crippen molar-refractivity contribution < 1.29 is 4.79 Å². The maximum Gasteiger partial charge on any atom is 0.253 e. The largest absolute Gasteiger partial charge is 0.348 e. The summed E-state index contributed by atoms with van der Waals surface area (Å²) in [5, 5.41) is 1.75. The van der Waals surface area contributed by atoms with Gasteiger partial charge in [0.1, 0.15) is 0 Å². The van der Waals surface area contributed by atoms with Gasteiger partial charge in [0.25, 0.3) is 5.91 Å². The van der Waals surface area contributed by atoms with Gasteiger partial charge in [0.05, 0.1) is 6.54 Å². The summed E-state index contributed by atoms with van der Waals surface area (Å²) in [6.45, 7) is 8.49. The molecule has 0 bridgehead atoms. The Hall–Kier alpha value is -1.49. The Morgan fingerprint density at radius 1 is 1.19 bits per heavy atom. The van der Waals surface area contributed by atoms with Gasteiger partial charge >= 0.3 is 0 Å². The van der Waals surface area contributed by atoms with Gasteiger partial charge < -0.3 is 9.80 Å². The molecule has 5 heteroatoms. The second-order valence-electron chi connectivity index (χ2n) is 5.70. The van der Waals surface area contributed by atoms with Gasteiger partial charge in [-0.15, -0.1) is 0 Å². The molecule has 0 saturated carbocycles. The molecule has 2 aliphatic rings. The van der Waals surface area contributed by atoms with Gasteiger partial charge in [-0.05, 0) is 19.1 Å². The molecule has 0 radical (unpaired) electrons. The van der Waals surface area contributed by atoms with Crippen molar-refractivity contribution in [2.45, 2.75) is 19.1 Å². The smallest absolute Gasteiger partial charge is 0.253 e. The molecule has 4 nitrogen and oxygen atoms in total. The van der Waals surface area contributed by atoms with Gasteiger partial charge in [0.15, 0.2) is 5.17 Å². The highest BCUT2D eigenvalue weighted by molar-refractivity contribution is 8.14. The van der Waals surface area contributed by atoms with Crippen LogP contribution in [0.4, 0.5) is 0 Å². The van der Waals surface area contributed by atoms with Gasteiger partial charge in [-0.1, -0.05) is 36.4 Å². The molecule has 0 aliphatic carbocycles. The number of rotatable bonds is 1. The number of amidine groups is 1. The minimum Gasteiger partial charge on any atom is -0.348 e. The van der Waals surface area contributed by atoms with E-state index in [1.165, 1.54) is 5.56 Å². The van der Waals surface area contributed by atoms with Crippen molar-refractivity contribution in [2.75, 3.05) is 32.7 Å². The van der Waals surface area contributed by atoms with Crippen LogP contribution in [0, 0.1) is 6.92 Å². The van der Waals surface area contributed by atoms with E-state index >= 15 is 0 Å². The molecular formula is C16H21N3OS. The number of carbonyl (C=O) groups excluding carboxylic acids is 1. The quantitative estimate of drug-likeness (QED) is 0.798. The highest BCUT2D eigenvalue weighted by Gasteiger charge is 2.26. The minimum atomic E-state index is 0.143. The SMILES string of the molecule is Cc1ccc(C(=O)N2CCN(C3=NC[C@@H](C)S3)CC2)cc1. The molecule has 0 unspecified atom stereocenters. The number of benzene rings is 1. The minimum absolute atomic E-state index is 0.143. The number of carbonyl (C=O) groups is 1. The monoisotopic (exact) mass is 303 g/mol. The van der Waals surface area contributed by atoms with Gasteiger partial charge in [-0.2, -0.15) is 0 Å². The lowest BCUT2D eigenvalue weighted by atomic mass is 10.1. The Labute approximate surface area is 130 Å². The van der Waals surface area contributed by atoms with Gasteiger partial charge in [-0.3, -0.25) is 9.79 Å². The Balaban J connectivity index is 1.58. The van der Waals surface area contributed by atoms with E-state index in [1.54, 1.807) is 0 Å². The fourth-order valence-electron chi connectivity index (χ4n) is 2.62. The maximum absolute atomic E-state index is 12.5. The van der Waals surface area contributed by atoms with E-state index in [9.17, 15) is 4.79 Å². The van der Waals surface area contributed by atoms with Crippen LogP contribution in [-0.4, -0.2) is 58.8 Å². The predicted molar refractivity (Wildman–Crippen MR) is 88.0 cm³/mol. The summed E-state index contributed by atoms with van der Waals surface area (Å²) < 4.78 is 0. The van der Waals surface area contributed by atoms with Crippen molar-refractivity contribution >= 4 is 22.8 Å². The molecule has 1 atom stereocenters. The molecule has 1 amide bonds. The molecule has 112 valence electrons. The third-order valence-corrected chi connectivity index (χ3v) is 5.08. The van der Waals surface area contributed by atoms with Crippen molar-refractivity contribution in [1.29, 1.82) is 0 Å². The highest BCUT2D eigenvalue weighted by Crippen LogP contribution is 2.23. The van der Waals surface area contributed by atoms with E-state index < -0.39 is 0 Å². The van der Waals surface area contributed by atoms with Crippen molar-refractivity contribution in [2.24, 2.45) is 4.99 Å². The second kappa shape index (κ2) is 6.10. The number of hydrogen-bond donors (Lipinski definition) is 0. The molecule has 0 aromatic heterocycles. The summed E-state index contributed by atoms with van der Waals surface area (Å²) in [4.78, 5) is 21.3. The van der Waals surface area contributed by atoms with Crippen LogP contribution in [0.5, 0.6) is 0 Å². The molecule has 0 spiro atoms. The Morgan fingerprint density at radius 3 is 2.43 bits per heavy atom. The fourth-order valence-corrected chi connectivity index (χ4v) is 3.60. The molecule has 3 rings (SSSR count).